The first-order chi connectivity index (χ1) is 10.1. The van der Waals surface area contributed by atoms with Gasteiger partial charge in [-0.15, -0.1) is 0 Å². The maximum Gasteiger partial charge on any atom is 0.214 e. The quantitative estimate of drug-likeness (QED) is 0.856. The fraction of sp³-hybridized carbons (Fsp3) is 0.333. The average Bonchev–Trinajstić information content (AvgIpc) is 2.53. The van der Waals surface area contributed by atoms with Crippen LogP contribution in [-0.4, -0.2) is 35.0 Å². The number of rotatable bonds is 4. The van der Waals surface area contributed by atoms with E-state index < -0.39 is 10.0 Å². The maximum atomic E-state index is 12.5. The summed E-state index contributed by atoms with van der Waals surface area (Å²) in [5.74, 6) is 0.139. The summed E-state index contributed by atoms with van der Waals surface area (Å²) < 4.78 is 26.5. The van der Waals surface area contributed by atoms with Crippen LogP contribution in [-0.2, 0) is 29.4 Å². The highest BCUT2D eigenvalue weighted by molar-refractivity contribution is 7.89. The van der Waals surface area contributed by atoms with E-state index >= 15 is 0 Å². The molecule has 3 rings (SSSR count). The van der Waals surface area contributed by atoms with Crippen LogP contribution in [0.1, 0.15) is 16.8 Å². The Bertz CT molecular complexity index is 717. The summed E-state index contributed by atoms with van der Waals surface area (Å²) in [6.45, 7) is 0.883. The van der Waals surface area contributed by atoms with Gasteiger partial charge in [-0.1, -0.05) is 30.3 Å². The molecule has 2 aromatic rings. The van der Waals surface area contributed by atoms with E-state index in [-0.39, 0.29) is 5.75 Å². The van der Waals surface area contributed by atoms with Crippen molar-refractivity contribution in [3.63, 3.8) is 0 Å². The molecule has 0 amide bonds. The fourth-order valence-electron chi connectivity index (χ4n) is 2.50. The number of sulfonamides is 1. The lowest BCUT2D eigenvalue weighted by Gasteiger charge is -2.27. The summed E-state index contributed by atoms with van der Waals surface area (Å²) in [4.78, 5) is 8.17. The molecule has 1 aliphatic heterocycles. The van der Waals surface area contributed by atoms with E-state index in [9.17, 15) is 8.42 Å². The van der Waals surface area contributed by atoms with Crippen molar-refractivity contribution in [1.29, 1.82) is 0 Å². The molecule has 21 heavy (non-hydrogen) atoms. The van der Waals surface area contributed by atoms with Gasteiger partial charge in [-0.25, -0.2) is 18.4 Å². The van der Waals surface area contributed by atoms with Crippen molar-refractivity contribution in [1.82, 2.24) is 14.3 Å². The SMILES string of the molecule is O=S(=O)(CCc1ccccc1)N1CCc2ncncc2C1. The first-order valence-electron chi connectivity index (χ1n) is 6.95. The molecule has 2 heterocycles. The van der Waals surface area contributed by atoms with Gasteiger partial charge in [0.2, 0.25) is 10.0 Å². The van der Waals surface area contributed by atoms with Gasteiger partial charge >= 0.3 is 0 Å². The van der Waals surface area contributed by atoms with E-state index in [2.05, 4.69) is 9.97 Å². The molecule has 0 radical (unpaired) electrons. The van der Waals surface area contributed by atoms with Gasteiger partial charge in [0.25, 0.3) is 0 Å². The molecule has 0 fully saturated rings. The zero-order valence-electron chi connectivity index (χ0n) is 11.6. The van der Waals surface area contributed by atoms with E-state index in [1.165, 1.54) is 6.33 Å². The molecule has 0 N–H and O–H groups in total. The molecule has 6 heteroatoms. The molecular weight excluding hydrogens is 286 g/mol. The van der Waals surface area contributed by atoms with Gasteiger partial charge in [0, 0.05) is 37.0 Å². The Morgan fingerprint density at radius 3 is 2.81 bits per heavy atom. The maximum absolute atomic E-state index is 12.5. The number of aromatic nitrogens is 2. The highest BCUT2D eigenvalue weighted by atomic mass is 32.2. The van der Waals surface area contributed by atoms with Crippen molar-refractivity contribution < 1.29 is 8.42 Å². The molecular formula is C15H17N3O2S. The monoisotopic (exact) mass is 303 g/mol. The minimum Gasteiger partial charge on any atom is -0.244 e. The first-order valence-corrected chi connectivity index (χ1v) is 8.55. The zero-order chi connectivity index (χ0) is 14.7. The predicted octanol–water partition coefficient (Wildman–Crippen LogP) is 1.41. The Morgan fingerprint density at radius 2 is 2.00 bits per heavy atom. The second-order valence-corrected chi connectivity index (χ2v) is 7.22. The highest BCUT2D eigenvalue weighted by Crippen LogP contribution is 2.19. The van der Waals surface area contributed by atoms with E-state index in [4.69, 9.17) is 0 Å². The fourth-order valence-corrected chi connectivity index (χ4v) is 3.96. The van der Waals surface area contributed by atoms with Gasteiger partial charge in [-0.05, 0) is 12.0 Å². The second-order valence-electron chi connectivity index (χ2n) is 5.13. The lowest BCUT2D eigenvalue weighted by Crippen LogP contribution is -2.38. The first kappa shape index (κ1) is 14.2. The summed E-state index contributed by atoms with van der Waals surface area (Å²) in [5.41, 5.74) is 2.91. The molecule has 1 aromatic heterocycles. The largest absolute Gasteiger partial charge is 0.244 e. The van der Waals surface area contributed by atoms with Crippen molar-refractivity contribution in [2.24, 2.45) is 0 Å². The number of hydrogen-bond acceptors (Lipinski definition) is 4. The van der Waals surface area contributed by atoms with Crippen LogP contribution in [0.4, 0.5) is 0 Å². The second kappa shape index (κ2) is 5.91. The van der Waals surface area contributed by atoms with Gasteiger partial charge in [0.1, 0.15) is 6.33 Å². The smallest absolute Gasteiger partial charge is 0.214 e. The Hall–Kier alpha value is -1.79. The molecule has 0 aliphatic carbocycles. The van der Waals surface area contributed by atoms with E-state index in [0.717, 1.165) is 16.8 Å². The van der Waals surface area contributed by atoms with Crippen LogP contribution in [0.5, 0.6) is 0 Å². The topological polar surface area (TPSA) is 63.2 Å². The molecule has 0 atom stereocenters. The van der Waals surface area contributed by atoms with E-state index in [1.807, 2.05) is 30.3 Å². The summed E-state index contributed by atoms with van der Waals surface area (Å²) in [5, 5.41) is 0. The molecule has 1 aromatic carbocycles. The van der Waals surface area contributed by atoms with Crippen molar-refractivity contribution in [2.75, 3.05) is 12.3 Å². The molecule has 5 nitrogen and oxygen atoms in total. The minimum absolute atomic E-state index is 0.139. The normalized spacial score (nSPS) is 15.6. The van der Waals surface area contributed by atoms with Crippen LogP contribution in [0.25, 0.3) is 0 Å². The summed E-state index contributed by atoms with van der Waals surface area (Å²) >= 11 is 0. The average molecular weight is 303 g/mol. The Morgan fingerprint density at radius 1 is 1.19 bits per heavy atom. The lowest BCUT2D eigenvalue weighted by atomic mass is 10.1. The molecule has 0 spiro atoms. The van der Waals surface area contributed by atoms with Gasteiger partial charge in [0.15, 0.2) is 0 Å². The molecule has 110 valence electrons. The molecule has 0 saturated carbocycles. The van der Waals surface area contributed by atoms with Crippen molar-refractivity contribution in [2.45, 2.75) is 19.4 Å². The number of fused-ring (bicyclic) bond motifs is 1. The minimum atomic E-state index is -3.25. The van der Waals surface area contributed by atoms with Crippen LogP contribution in [0.15, 0.2) is 42.9 Å². The number of benzene rings is 1. The standard InChI is InChI=1S/C15H17N3O2S/c19-21(20,9-7-13-4-2-1-3-5-13)18-8-6-15-14(11-18)10-16-12-17-15/h1-5,10,12H,6-9,11H2. The molecule has 0 saturated heterocycles. The summed E-state index contributed by atoms with van der Waals surface area (Å²) in [6.07, 6.45) is 4.42. The predicted molar refractivity (Wildman–Crippen MR) is 80.1 cm³/mol. The van der Waals surface area contributed by atoms with Crippen molar-refractivity contribution >= 4 is 10.0 Å². The summed E-state index contributed by atoms with van der Waals surface area (Å²) in [6, 6.07) is 9.69. The van der Waals surface area contributed by atoms with Crippen LogP contribution >= 0.6 is 0 Å². The molecule has 0 unspecified atom stereocenters. The van der Waals surface area contributed by atoms with Crippen LogP contribution < -0.4 is 0 Å². The van der Waals surface area contributed by atoms with Crippen molar-refractivity contribution in [3.8, 4) is 0 Å². The Kier molecular flexibility index (Phi) is 3.98. The number of aryl methyl sites for hydroxylation is 1. The van der Waals surface area contributed by atoms with Gasteiger partial charge in [-0.2, -0.15) is 4.31 Å². The summed E-state index contributed by atoms with van der Waals surface area (Å²) in [7, 11) is -3.25. The van der Waals surface area contributed by atoms with E-state index in [0.29, 0.717) is 25.9 Å². The van der Waals surface area contributed by atoms with E-state index in [1.54, 1.807) is 10.5 Å². The number of hydrogen-bond donors (Lipinski definition) is 0. The van der Waals surface area contributed by atoms with Gasteiger partial charge in [-0.3, -0.25) is 0 Å². The van der Waals surface area contributed by atoms with Gasteiger partial charge < -0.3 is 0 Å². The van der Waals surface area contributed by atoms with Crippen LogP contribution in [0, 0.1) is 0 Å². The molecule has 0 bridgehead atoms. The Balaban J connectivity index is 1.69. The third-order valence-corrected chi connectivity index (χ3v) is 5.53. The third kappa shape index (κ3) is 3.28. The third-order valence-electron chi connectivity index (χ3n) is 3.71. The highest BCUT2D eigenvalue weighted by Gasteiger charge is 2.26. The van der Waals surface area contributed by atoms with Gasteiger partial charge in [0.05, 0.1) is 5.75 Å². The van der Waals surface area contributed by atoms with Crippen molar-refractivity contribution in [3.05, 3.63) is 59.7 Å². The molecule has 1 aliphatic rings. The van der Waals surface area contributed by atoms with Crippen LogP contribution in [0.2, 0.25) is 0 Å². The number of nitrogens with zero attached hydrogens (tertiary/aromatic N) is 3. The lowest BCUT2D eigenvalue weighted by molar-refractivity contribution is 0.386. The zero-order valence-corrected chi connectivity index (χ0v) is 12.5. The Labute approximate surface area is 124 Å². The van der Waals surface area contributed by atoms with Crippen LogP contribution in [0.3, 0.4) is 0 Å².